The number of rotatable bonds is 3. The van der Waals surface area contributed by atoms with Crippen LogP contribution in [0.1, 0.15) is 18.9 Å². The third kappa shape index (κ3) is 1.58. The van der Waals surface area contributed by atoms with E-state index in [0.29, 0.717) is 5.92 Å². The molecule has 2 aromatic rings. The zero-order valence-electron chi connectivity index (χ0n) is 12.3. The van der Waals surface area contributed by atoms with Gasteiger partial charge in [0.25, 0.3) is 0 Å². The van der Waals surface area contributed by atoms with E-state index in [2.05, 4.69) is 19.5 Å². The Morgan fingerprint density at radius 1 is 1.43 bits per heavy atom. The van der Waals surface area contributed by atoms with E-state index in [4.69, 9.17) is 5.73 Å². The first-order valence-corrected chi connectivity index (χ1v) is 7.30. The molecular formula is C14H20N6O. The van der Waals surface area contributed by atoms with Crippen LogP contribution in [0.4, 0.5) is 5.82 Å². The summed E-state index contributed by atoms with van der Waals surface area (Å²) in [6.45, 7) is 0.180. The largest absolute Gasteiger partial charge is 0.396 e. The van der Waals surface area contributed by atoms with Crippen molar-refractivity contribution in [1.29, 1.82) is 0 Å². The summed E-state index contributed by atoms with van der Waals surface area (Å²) < 4.78 is 2.12. The molecule has 2 saturated carbocycles. The van der Waals surface area contributed by atoms with Crippen molar-refractivity contribution in [1.82, 2.24) is 19.5 Å². The molecule has 2 heterocycles. The minimum atomic E-state index is -0.0708. The lowest BCUT2D eigenvalue weighted by atomic mass is 10.0. The Labute approximate surface area is 122 Å². The predicted molar refractivity (Wildman–Crippen MR) is 78.9 cm³/mol. The quantitative estimate of drug-likeness (QED) is 0.836. The normalized spacial score (nSPS) is 34.2. The van der Waals surface area contributed by atoms with E-state index < -0.39 is 0 Å². The Hall–Kier alpha value is -1.73. The number of nitrogens with two attached hydrogens (primary N) is 1. The summed E-state index contributed by atoms with van der Waals surface area (Å²) >= 11 is 0. The van der Waals surface area contributed by atoms with Crippen LogP contribution >= 0.6 is 0 Å². The van der Waals surface area contributed by atoms with Crippen molar-refractivity contribution in [3.05, 3.63) is 12.7 Å². The highest BCUT2D eigenvalue weighted by atomic mass is 16.3. The molecule has 2 fully saturated rings. The maximum atomic E-state index is 9.65. The Bertz CT molecular complexity index is 698. The van der Waals surface area contributed by atoms with Crippen LogP contribution in [0, 0.1) is 11.3 Å². The fraction of sp³-hybridized carbons (Fsp3) is 0.643. The van der Waals surface area contributed by atoms with Gasteiger partial charge in [-0.2, -0.15) is 0 Å². The Morgan fingerprint density at radius 3 is 2.86 bits per heavy atom. The molecule has 2 aromatic heterocycles. The van der Waals surface area contributed by atoms with E-state index in [1.165, 1.54) is 0 Å². The average Bonchev–Trinajstić information content (AvgIpc) is 2.96. The van der Waals surface area contributed by atoms with Crippen LogP contribution in [-0.4, -0.2) is 51.4 Å². The number of aromatic nitrogens is 4. The molecule has 3 N–H and O–H groups in total. The van der Waals surface area contributed by atoms with Crippen LogP contribution in [0.2, 0.25) is 0 Å². The minimum absolute atomic E-state index is 0.0603. The van der Waals surface area contributed by atoms with Crippen molar-refractivity contribution in [2.75, 3.05) is 25.6 Å². The fourth-order valence-electron chi connectivity index (χ4n) is 3.97. The molecule has 0 radical (unpaired) electrons. The molecule has 4 rings (SSSR count). The summed E-state index contributed by atoms with van der Waals surface area (Å²) in [6.07, 6.45) is 5.30. The average molecular weight is 288 g/mol. The highest BCUT2D eigenvalue weighted by Crippen LogP contribution is 2.66. The summed E-state index contributed by atoms with van der Waals surface area (Å²) in [6, 6.07) is 0.340. The monoisotopic (exact) mass is 288 g/mol. The molecule has 0 aromatic carbocycles. The highest BCUT2D eigenvalue weighted by molar-refractivity contribution is 5.83. The summed E-state index contributed by atoms with van der Waals surface area (Å²) in [5, 5.41) is 9.65. The van der Waals surface area contributed by atoms with Crippen LogP contribution < -0.4 is 10.6 Å². The number of hydrogen-bond acceptors (Lipinski definition) is 6. The van der Waals surface area contributed by atoms with Gasteiger partial charge in [-0.3, -0.25) is 0 Å². The second-order valence-corrected chi connectivity index (χ2v) is 6.53. The zero-order valence-corrected chi connectivity index (χ0v) is 12.3. The molecule has 21 heavy (non-hydrogen) atoms. The van der Waals surface area contributed by atoms with Gasteiger partial charge in [0.2, 0.25) is 0 Å². The van der Waals surface area contributed by atoms with Crippen molar-refractivity contribution in [3.63, 3.8) is 0 Å². The maximum Gasteiger partial charge on any atom is 0.165 e. The van der Waals surface area contributed by atoms with Crippen LogP contribution in [0.25, 0.3) is 11.2 Å². The SMILES string of the molecule is CN(C)c1ncnc2c1ncn2[C@H]1C[C@H](N)[C@]2(CO)C[C@H]12. The van der Waals surface area contributed by atoms with Gasteiger partial charge in [0.15, 0.2) is 17.0 Å². The van der Waals surface area contributed by atoms with Gasteiger partial charge in [-0.15, -0.1) is 0 Å². The first-order valence-electron chi connectivity index (χ1n) is 7.30. The van der Waals surface area contributed by atoms with Crippen LogP contribution in [0.15, 0.2) is 12.7 Å². The lowest BCUT2D eigenvalue weighted by molar-refractivity contribution is 0.191. The van der Waals surface area contributed by atoms with E-state index in [1.807, 2.05) is 25.3 Å². The van der Waals surface area contributed by atoms with E-state index in [0.717, 1.165) is 29.8 Å². The van der Waals surface area contributed by atoms with Crippen LogP contribution in [0.3, 0.4) is 0 Å². The molecule has 0 saturated heterocycles. The van der Waals surface area contributed by atoms with Crippen molar-refractivity contribution < 1.29 is 5.11 Å². The van der Waals surface area contributed by atoms with Gasteiger partial charge in [-0.05, 0) is 18.8 Å². The van der Waals surface area contributed by atoms with Crippen molar-refractivity contribution in [3.8, 4) is 0 Å². The number of anilines is 1. The summed E-state index contributed by atoms with van der Waals surface area (Å²) in [4.78, 5) is 15.2. The summed E-state index contributed by atoms with van der Waals surface area (Å²) in [5.74, 6) is 1.26. The molecule has 7 nitrogen and oxygen atoms in total. The lowest BCUT2D eigenvalue weighted by Crippen LogP contribution is -2.31. The van der Waals surface area contributed by atoms with Gasteiger partial charge < -0.3 is 20.3 Å². The molecule has 7 heteroatoms. The molecule has 0 amide bonds. The van der Waals surface area contributed by atoms with E-state index in [1.54, 1.807) is 6.33 Å². The number of imidazole rings is 1. The van der Waals surface area contributed by atoms with Gasteiger partial charge in [-0.1, -0.05) is 0 Å². The second kappa shape index (κ2) is 4.14. The predicted octanol–water partition coefficient (Wildman–Crippen LogP) is 0.163. The van der Waals surface area contributed by atoms with Gasteiger partial charge in [0, 0.05) is 31.6 Å². The van der Waals surface area contributed by atoms with Crippen LogP contribution in [0.5, 0.6) is 0 Å². The van der Waals surface area contributed by atoms with E-state index in [9.17, 15) is 5.11 Å². The summed E-state index contributed by atoms with van der Waals surface area (Å²) in [5.41, 5.74) is 7.85. The molecule has 0 unspecified atom stereocenters. The number of aliphatic hydroxyl groups excluding tert-OH is 1. The third-order valence-corrected chi connectivity index (χ3v) is 5.29. The number of hydrogen-bond donors (Lipinski definition) is 2. The lowest BCUT2D eigenvalue weighted by Gasteiger charge is -2.17. The summed E-state index contributed by atoms with van der Waals surface area (Å²) in [7, 11) is 3.90. The van der Waals surface area contributed by atoms with Crippen LogP contribution in [-0.2, 0) is 0 Å². The third-order valence-electron chi connectivity index (χ3n) is 5.29. The molecule has 0 spiro atoms. The Kier molecular flexibility index (Phi) is 2.56. The van der Waals surface area contributed by atoms with Gasteiger partial charge in [-0.25, -0.2) is 15.0 Å². The topological polar surface area (TPSA) is 93.1 Å². The minimum Gasteiger partial charge on any atom is -0.396 e. The highest BCUT2D eigenvalue weighted by Gasteiger charge is 2.66. The first-order chi connectivity index (χ1) is 10.1. The van der Waals surface area contributed by atoms with Crippen molar-refractivity contribution >= 4 is 17.0 Å². The van der Waals surface area contributed by atoms with Gasteiger partial charge in [0.1, 0.15) is 6.33 Å². The number of aliphatic hydroxyl groups is 1. The van der Waals surface area contributed by atoms with E-state index >= 15 is 0 Å². The Morgan fingerprint density at radius 2 is 2.24 bits per heavy atom. The smallest absolute Gasteiger partial charge is 0.165 e. The zero-order chi connectivity index (χ0) is 14.8. The van der Waals surface area contributed by atoms with Crippen molar-refractivity contribution in [2.24, 2.45) is 17.1 Å². The molecule has 112 valence electrons. The first kappa shape index (κ1) is 13.0. The maximum absolute atomic E-state index is 9.65. The molecule has 2 aliphatic carbocycles. The van der Waals surface area contributed by atoms with Gasteiger partial charge >= 0.3 is 0 Å². The molecule has 0 aliphatic heterocycles. The molecular weight excluding hydrogens is 268 g/mol. The van der Waals surface area contributed by atoms with E-state index in [-0.39, 0.29) is 24.1 Å². The van der Waals surface area contributed by atoms with Gasteiger partial charge in [0.05, 0.1) is 12.9 Å². The van der Waals surface area contributed by atoms with Crippen molar-refractivity contribution in [2.45, 2.75) is 24.9 Å². The fourth-order valence-corrected chi connectivity index (χ4v) is 3.97. The number of fused-ring (bicyclic) bond motifs is 2. The second-order valence-electron chi connectivity index (χ2n) is 6.53. The molecule has 2 aliphatic rings. The number of nitrogens with zero attached hydrogens (tertiary/aromatic N) is 5. The molecule has 4 atom stereocenters. The Balaban J connectivity index is 1.78. The standard InChI is InChI=1S/C14H20N6O/c1-19(2)12-11-13(17-6-16-12)20(7-18-11)9-3-10(15)14(5-21)4-8(9)14/h6-10,21H,3-5,15H2,1-2H3/t8-,9+,10+,14+/m1/s1. The molecule has 0 bridgehead atoms.